The van der Waals surface area contributed by atoms with Crippen molar-refractivity contribution in [2.45, 2.75) is 31.8 Å². The molecule has 3 N–H and O–H groups in total. The number of amides is 1. The maximum Gasteiger partial charge on any atom is 0.251 e. The molecule has 1 amide bonds. The standard InChI is InChI=1S/C19H25N3O3S/c1-4-22(3)13-16-7-5-6-15(10-16)12-21-19(23)18-11-17(26(20,24)25)9-8-14(18)2/h5-11H,4,12-13H2,1-3H3,(H,21,23)(H2,20,24,25). The van der Waals surface area contributed by atoms with Gasteiger partial charge in [-0.25, -0.2) is 13.6 Å². The van der Waals surface area contributed by atoms with Crippen LogP contribution in [0.2, 0.25) is 0 Å². The number of carbonyl (C=O) groups excluding carboxylic acids is 1. The second kappa shape index (κ2) is 8.44. The van der Waals surface area contributed by atoms with Gasteiger partial charge in [0.2, 0.25) is 10.0 Å². The molecule has 26 heavy (non-hydrogen) atoms. The first-order valence-corrected chi connectivity index (χ1v) is 9.93. The summed E-state index contributed by atoms with van der Waals surface area (Å²) in [6, 6.07) is 12.3. The Labute approximate surface area is 155 Å². The van der Waals surface area contributed by atoms with Crippen LogP contribution >= 0.6 is 0 Å². The summed E-state index contributed by atoms with van der Waals surface area (Å²) in [5.41, 5.74) is 3.15. The van der Waals surface area contributed by atoms with Gasteiger partial charge in [-0.1, -0.05) is 37.3 Å². The summed E-state index contributed by atoms with van der Waals surface area (Å²) in [6.07, 6.45) is 0. The largest absolute Gasteiger partial charge is 0.348 e. The van der Waals surface area contributed by atoms with Crippen LogP contribution in [0, 0.1) is 6.92 Å². The van der Waals surface area contributed by atoms with E-state index in [2.05, 4.69) is 36.3 Å². The molecule has 0 bridgehead atoms. The summed E-state index contributed by atoms with van der Waals surface area (Å²) in [5, 5.41) is 7.99. The lowest BCUT2D eigenvalue weighted by Crippen LogP contribution is -2.24. The number of carbonyl (C=O) groups is 1. The molecule has 0 fully saturated rings. The predicted molar refractivity (Wildman–Crippen MR) is 102 cm³/mol. The lowest BCUT2D eigenvalue weighted by Gasteiger charge is -2.15. The summed E-state index contributed by atoms with van der Waals surface area (Å²) in [4.78, 5) is 14.6. The molecule has 0 unspecified atom stereocenters. The first-order chi connectivity index (χ1) is 12.2. The molecule has 0 aliphatic rings. The van der Waals surface area contributed by atoms with Crippen LogP contribution in [0.25, 0.3) is 0 Å². The minimum Gasteiger partial charge on any atom is -0.348 e. The van der Waals surface area contributed by atoms with Crippen molar-refractivity contribution in [3.05, 3.63) is 64.7 Å². The summed E-state index contributed by atoms with van der Waals surface area (Å²) < 4.78 is 23.0. The lowest BCUT2D eigenvalue weighted by atomic mass is 10.1. The van der Waals surface area contributed by atoms with Gasteiger partial charge in [0.05, 0.1) is 4.90 Å². The Balaban J connectivity index is 2.11. The number of hydrogen-bond acceptors (Lipinski definition) is 4. The molecule has 2 rings (SSSR count). The van der Waals surface area contributed by atoms with E-state index in [9.17, 15) is 13.2 Å². The Bertz CT molecular complexity index is 895. The van der Waals surface area contributed by atoms with E-state index in [0.29, 0.717) is 17.7 Å². The zero-order valence-corrected chi connectivity index (χ0v) is 16.1. The number of benzene rings is 2. The Hall–Kier alpha value is -2.22. The van der Waals surface area contributed by atoms with Crippen molar-refractivity contribution in [3.63, 3.8) is 0 Å². The number of nitrogens with one attached hydrogen (secondary N) is 1. The van der Waals surface area contributed by atoms with E-state index in [-0.39, 0.29) is 10.8 Å². The topological polar surface area (TPSA) is 92.5 Å². The van der Waals surface area contributed by atoms with Crippen molar-refractivity contribution in [3.8, 4) is 0 Å². The van der Waals surface area contributed by atoms with Gasteiger partial charge < -0.3 is 10.2 Å². The molecule has 0 aliphatic carbocycles. The van der Waals surface area contributed by atoms with Crippen molar-refractivity contribution < 1.29 is 13.2 Å². The van der Waals surface area contributed by atoms with Gasteiger partial charge in [0.25, 0.3) is 5.91 Å². The second-order valence-electron chi connectivity index (χ2n) is 6.35. The molecular formula is C19H25N3O3S. The number of hydrogen-bond donors (Lipinski definition) is 2. The van der Waals surface area contributed by atoms with Crippen molar-refractivity contribution in [1.82, 2.24) is 10.2 Å². The Morgan fingerprint density at radius 3 is 2.50 bits per heavy atom. The van der Waals surface area contributed by atoms with Crippen molar-refractivity contribution in [1.29, 1.82) is 0 Å². The predicted octanol–water partition coefficient (Wildman–Crippen LogP) is 2.02. The summed E-state index contributed by atoms with van der Waals surface area (Å²) in [7, 11) is -1.80. The Morgan fingerprint density at radius 2 is 1.85 bits per heavy atom. The third-order valence-electron chi connectivity index (χ3n) is 4.22. The second-order valence-corrected chi connectivity index (χ2v) is 7.92. The fraction of sp³-hybridized carbons (Fsp3) is 0.316. The number of rotatable bonds is 7. The highest BCUT2D eigenvalue weighted by molar-refractivity contribution is 7.89. The minimum absolute atomic E-state index is 0.0714. The smallest absolute Gasteiger partial charge is 0.251 e. The van der Waals surface area contributed by atoms with E-state index >= 15 is 0 Å². The van der Waals surface area contributed by atoms with Crippen molar-refractivity contribution in [2.75, 3.05) is 13.6 Å². The van der Waals surface area contributed by atoms with Crippen LogP contribution in [0.4, 0.5) is 0 Å². The highest BCUT2D eigenvalue weighted by Gasteiger charge is 2.14. The molecule has 6 nitrogen and oxygen atoms in total. The average molecular weight is 375 g/mol. The van der Waals surface area contributed by atoms with E-state index < -0.39 is 10.0 Å². The third-order valence-corrected chi connectivity index (χ3v) is 5.13. The van der Waals surface area contributed by atoms with Gasteiger partial charge in [-0.05, 0) is 49.3 Å². The third kappa shape index (κ3) is 5.39. The van der Waals surface area contributed by atoms with Crippen LogP contribution in [0.15, 0.2) is 47.4 Å². The van der Waals surface area contributed by atoms with Gasteiger partial charge in [-0.2, -0.15) is 0 Å². The van der Waals surface area contributed by atoms with E-state index in [0.717, 1.165) is 18.7 Å². The molecular weight excluding hydrogens is 350 g/mol. The molecule has 0 spiro atoms. The van der Waals surface area contributed by atoms with Gasteiger partial charge in [-0.3, -0.25) is 4.79 Å². The van der Waals surface area contributed by atoms with E-state index in [1.165, 1.54) is 17.7 Å². The van der Waals surface area contributed by atoms with Crippen LogP contribution in [0.3, 0.4) is 0 Å². The summed E-state index contributed by atoms with van der Waals surface area (Å²) in [6.45, 7) is 6.01. The maximum atomic E-state index is 12.5. The molecule has 0 atom stereocenters. The molecule has 0 aromatic heterocycles. The molecule has 2 aromatic rings. The fourth-order valence-corrected chi connectivity index (χ4v) is 3.10. The molecule has 2 aromatic carbocycles. The number of primary sulfonamides is 1. The van der Waals surface area contributed by atoms with Crippen LogP contribution < -0.4 is 10.5 Å². The lowest BCUT2D eigenvalue weighted by molar-refractivity contribution is 0.0950. The fourth-order valence-electron chi connectivity index (χ4n) is 2.56. The highest BCUT2D eigenvalue weighted by Crippen LogP contribution is 2.15. The SMILES string of the molecule is CCN(C)Cc1cccc(CNC(=O)c2cc(S(N)(=O)=O)ccc2C)c1. The molecule has 0 aliphatic heterocycles. The van der Waals surface area contributed by atoms with Crippen LogP contribution in [0.1, 0.15) is 34.0 Å². The Kier molecular flexibility index (Phi) is 6.52. The monoisotopic (exact) mass is 375 g/mol. The zero-order valence-electron chi connectivity index (χ0n) is 15.3. The Morgan fingerprint density at radius 1 is 1.15 bits per heavy atom. The molecule has 140 valence electrons. The summed E-state index contributed by atoms with van der Waals surface area (Å²) in [5.74, 6) is -0.330. The molecule has 0 radical (unpaired) electrons. The molecule has 7 heteroatoms. The average Bonchev–Trinajstić information content (AvgIpc) is 2.59. The van der Waals surface area contributed by atoms with Gasteiger partial charge in [-0.15, -0.1) is 0 Å². The first-order valence-electron chi connectivity index (χ1n) is 8.38. The number of nitrogens with two attached hydrogens (primary N) is 1. The zero-order chi connectivity index (χ0) is 19.3. The summed E-state index contributed by atoms with van der Waals surface area (Å²) >= 11 is 0. The number of aryl methyl sites for hydroxylation is 1. The van der Waals surface area contributed by atoms with Crippen LogP contribution in [-0.4, -0.2) is 32.8 Å². The van der Waals surface area contributed by atoms with Gasteiger partial charge in [0, 0.05) is 18.7 Å². The van der Waals surface area contributed by atoms with E-state index in [1.54, 1.807) is 13.0 Å². The van der Waals surface area contributed by atoms with Crippen molar-refractivity contribution in [2.24, 2.45) is 5.14 Å². The van der Waals surface area contributed by atoms with E-state index in [1.807, 2.05) is 12.1 Å². The molecule has 0 saturated heterocycles. The van der Waals surface area contributed by atoms with Gasteiger partial charge in [0.1, 0.15) is 0 Å². The van der Waals surface area contributed by atoms with Crippen LogP contribution in [0.5, 0.6) is 0 Å². The normalized spacial score (nSPS) is 11.6. The maximum absolute atomic E-state index is 12.5. The van der Waals surface area contributed by atoms with Gasteiger partial charge >= 0.3 is 0 Å². The number of sulfonamides is 1. The van der Waals surface area contributed by atoms with Gasteiger partial charge in [0.15, 0.2) is 0 Å². The van der Waals surface area contributed by atoms with Crippen LogP contribution in [-0.2, 0) is 23.1 Å². The van der Waals surface area contributed by atoms with Crippen molar-refractivity contribution >= 4 is 15.9 Å². The number of nitrogens with zero attached hydrogens (tertiary/aromatic N) is 1. The first kappa shape index (κ1) is 20.1. The quantitative estimate of drug-likeness (QED) is 0.774. The van der Waals surface area contributed by atoms with E-state index in [4.69, 9.17) is 5.14 Å². The molecule has 0 saturated carbocycles. The minimum atomic E-state index is -3.85. The molecule has 0 heterocycles. The highest BCUT2D eigenvalue weighted by atomic mass is 32.2.